The number of carbonyl (C=O) groups is 1. The minimum absolute atomic E-state index is 0.108. The fourth-order valence-electron chi connectivity index (χ4n) is 1.95. The molecule has 108 valence electrons. The highest BCUT2D eigenvalue weighted by atomic mass is 16.2. The zero-order valence-electron chi connectivity index (χ0n) is 11.7. The third-order valence-corrected chi connectivity index (χ3v) is 2.83. The molecule has 2 rings (SSSR count). The van der Waals surface area contributed by atoms with Crippen LogP contribution in [0.1, 0.15) is 17.8 Å². The van der Waals surface area contributed by atoms with Crippen LogP contribution in [0.15, 0.2) is 12.4 Å². The molecule has 2 aromatic heterocycles. The molecule has 0 atom stereocenters. The van der Waals surface area contributed by atoms with Crippen molar-refractivity contribution in [1.82, 2.24) is 29.9 Å². The first-order valence-corrected chi connectivity index (χ1v) is 6.47. The second-order valence-electron chi connectivity index (χ2n) is 4.65. The van der Waals surface area contributed by atoms with Gasteiger partial charge < -0.3 is 11.1 Å². The third-order valence-electron chi connectivity index (χ3n) is 2.83. The van der Waals surface area contributed by atoms with Gasteiger partial charge in [-0.05, 0) is 26.3 Å². The predicted molar refractivity (Wildman–Crippen MR) is 73.8 cm³/mol. The Balaban J connectivity index is 1.68. The first-order chi connectivity index (χ1) is 9.54. The van der Waals surface area contributed by atoms with Crippen LogP contribution >= 0.6 is 0 Å². The van der Waals surface area contributed by atoms with Gasteiger partial charge in [0.25, 0.3) is 0 Å². The predicted octanol–water partition coefficient (Wildman–Crippen LogP) is -0.120. The van der Waals surface area contributed by atoms with Gasteiger partial charge in [0.15, 0.2) is 0 Å². The number of nitrogens with one attached hydrogen (secondary N) is 1. The number of nitrogen functional groups attached to an aromatic ring is 1. The van der Waals surface area contributed by atoms with Crippen LogP contribution in [-0.4, -0.2) is 37.0 Å². The number of aromatic nitrogens is 5. The van der Waals surface area contributed by atoms with Crippen molar-refractivity contribution in [3.05, 3.63) is 23.8 Å². The summed E-state index contributed by atoms with van der Waals surface area (Å²) in [5.74, 6) is 0.0607. The fourth-order valence-corrected chi connectivity index (χ4v) is 1.95. The first kappa shape index (κ1) is 14.0. The molecule has 0 aliphatic carbocycles. The summed E-state index contributed by atoms with van der Waals surface area (Å²) in [7, 11) is 0. The van der Waals surface area contributed by atoms with E-state index in [1.165, 1.54) is 11.0 Å². The van der Waals surface area contributed by atoms with E-state index in [1.54, 1.807) is 0 Å². The third kappa shape index (κ3) is 3.81. The average molecular weight is 277 g/mol. The lowest BCUT2D eigenvalue weighted by molar-refractivity contribution is -0.121. The topological polar surface area (TPSA) is 104 Å². The molecule has 20 heavy (non-hydrogen) atoms. The van der Waals surface area contributed by atoms with Crippen LogP contribution in [0.3, 0.4) is 0 Å². The Hall–Kier alpha value is -2.38. The summed E-state index contributed by atoms with van der Waals surface area (Å²) in [6, 6.07) is 2.04. The molecule has 1 amide bonds. The van der Waals surface area contributed by atoms with Crippen molar-refractivity contribution < 1.29 is 4.79 Å². The van der Waals surface area contributed by atoms with Gasteiger partial charge in [0.2, 0.25) is 11.9 Å². The lowest BCUT2D eigenvalue weighted by atomic mass is 10.4. The Kier molecular flexibility index (Phi) is 4.34. The Morgan fingerprint density at radius 3 is 2.80 bits per heavy atom. The Bertz CT molecular complexity index is 586. The van der Waals surface area contributed by atoms with Crippen LogP contribution in [-0.2, 0) is 17.9 Å². The van der Waals surface area contributed by atoms with Crippen molar-refractivity contribution in [2.24, 2.45) is 0 Å². The monoisotopic (exact) mass is 277 g/mol. The minimum Gasteiger partial charge on any atom is -0.367 e. The van der Waals surface area contributed by atoms with E-state index in [0.717, 1.165) is 24.4 Å². The number of nitrogens with two attached hydrogens (primary N) is 1. The van der Waals surface area contributed by atoms with E-state index in [9.17, 15) is 4.79 Å². The molecular formula is C12H19N7O. The van der Waals surface area contributed by atoms with Crippen molar-refractivity contribution in [2.75, 3.05) is 12.3 Å². The summed E-state index contributed by atoms with van der Waals surface area (Å²) in [5.41, 5.74) is 7.51. The van der Waals surface area contributed by atoms with Gasteiger partial charge in [-0.2, -0.15) is 5.10 Å². The van der Waals surface area contributed by atoms with Crippen LogP contribution < -0.4 is 11.1 Å². The number of nitrogens with zero attached hydrogens (tertiary/aromatic N) is 5. The molecular weight excluding hydrogens is 258 g/mol. The molecule has 2 heterocycles. The Morgan fingerprint density at radius 1 is 1.40 bits per heavy atom. The van der Waals surface area contributed by atoms with Gasteiger partial charge in [-0.1, -0.05) is 0 Å². The first-order valence-electron chi connectivity index (χ1n) is 6.47. The number of amides is 1. The normalized spacial score (nSPS) is 10.7. The van der Waals surface area contributed by atoms with Gasteiger partial charge in [0.1, 0.15) is 12.9 Å². The number of carbonyl (C=O) groups excluding carboxylic acids is 1. The number of aryl methyl sites for hydroxylation is 3. The second kappa shape index (κ2) is 6.18. The van der Waals surface area contributed by atoms with Crippen molar-refractivity contribution in [3.8, 4) is 0 Å². The number of rotatable bonds is 6. The molecule has 8 nitrogen and oxygen atoms in total. The van der Waals surface area contributed by atoms with Gasteiger partial charge in [-0.3, -0.25) is 9.48 Å². The van der Waals surface area contributed by atoms with Gasteiger partial charge in [-0.25, -0.2) is 9.67 Å². The highest BCUT2D eigenvalue weighted by molar-refractivity contribution is 5.75. The maximum Gasteiger partial charge on any atom is 0.241 e. The van der Waals surface area contributed by atoms with Gasteiger partial charge in [0, 0.05) is 18.8 Å². The van der Waals surface area contributed by atoms with Crippen molar-refractivity contribution in [2.45, 2.75) is 33.4 Å². The molecule has 0 radical (unpaired) electrons. The second-order valence-corrected chi connectivity index (χ2v) is 4.65. The van der Waals surface area contributed by atoms with E-state index in [-0.39, 0.29) is 18.4 Å². The molecule has 0 fully saturated rings. The van der Waals surface area contributed by atoms with E-state index in [0.29, 0.717) is 6.54 Å². The summed E-state index contributed by atoms with van der Waals surface area (Å²) in [6.07, 6.45) is 2.26. The lowest BCUT2D eigenvalue weighted by Crippen LogP contribution is -2.29. The Morgan fingerprint density at radius 2 is 2.20 bits per heavy atom. The maximum absolute atomic E-state index is 11.6. The SMILES string of the molecule is Cc1cc(C)n(CCCNC(=O)Cn2cnc(N)n2)n1. The number of hydrogen-bond donors (Lipinski definition) is 2. The fraction of sp³-hybridized carbons (Fsp3) is 0.500. The standard InChI is InChI=1S/C12H19N7O/c1-9-6-10(2)19(16-9)5-3-4-14-11(20)7-18-8-15-12(13)17-18/h6,8H,3-5,7H2,1-2H3,(H2,13,17)(H,14,20). The largest absolute Gasteiger partial charge is 0.367 e. The quantitative estimate of drug-likeness (QED) is 0.716. The van der Waals surface area contributed by atoms with Gasteiger partial charge in [0.05, 0.1) is 5.69 Å². The summed E-state index contributed by atoms with van der Waals surface area (Å²) < 4.78 is 3.35. The van der Waals surface area contributed by atoms with Crippen LogP contribution in [0.2, 0.25) is 0 Å². The molecule has 8 heteroatoms. The molecule has 0 saturated heterocycles. The number of hydrogen-bond acceptors (Lipinski definition) is 5. The zero-order valence-corrected chi connectivity index (χ0v) is 11.7. The lowest BCUT2D eigenvalue weighted by Gasteiger charge is -2.06. The zero-order chi connectivity index (χ0) is 14.5. The summed E-state index contributed by atoms with van der Waals surface area (Å²) in [5, 5.41) is 11.0. The summed E-state index contributed by atoms with van der Waals surface area (Å²) in [6.45, 7) is 5.50. The number of anilines is 1. The highest BCUT2D eigenvalue weighted by Gasteiger charge is 2.04. The van der Waals surface area contributed by atoms with Crippen LogP contribution in [0.4, 0.5) is 5.95 Å². The summed E-state index contributed by atoms with van der Waals surface area (Å²) in [4.78, 5) is 15.4. The molecule has 0 spiro atoms. The summed E-state index contributed by atoms with van der Waals surface area (Å²) >= 11 is 0. The molecule has 3 N–H and O–H groups in total. The van der Waals surface area contributed by atoms with E-state index in [2.05, 4.69) is 20.5 Å². The molecule has 0 aliphatic heterocycles. The molecule has 2 aromatic rings. The molecule has 0 saturated carbocycles. The smallest absolute Gasteiger partial charge is 0.241 e. The molecule has 0 bridgehead atoms. The van der Waals surface area contributed by atoms with Crippen LogP contribution in [0.25, 0.3) is 0 Å². The molecule has 0 unspecified atom stereocenters. The van der Waals surface area contributed by atoms with Gasteiger partial charge >= 0.3 is 0 Å². The minimum atomic E-state index is -0.108. The van der Waals surface area contributed by atoms with E-state index in [4.69, 9.17) is 5.73 Å². The Labute approximate surface area is 117 Å². The van der Waals surface area contributed by atoms with Crippen molar-refractivity contribution in [1.29, 1.82) is 0 Å². The highest BCUT2D eigenvalue weighted by Crippen LogP contribution is 2.02. The molecule has 0 aliphatic rings. The molecule has 0 aromatic carbocycles. The van der Waals surface area contributed by atoms with E-state index in [1.807, 2.05) is 24.6 Å². The van der Waals surface area contributed by atoms with E-state index >= 15 is 0 Å². The van der Waals surface area contributed by atoms with Gasteiger partial charge in [-0.15, -0.1) is 5.10 Å². The van der Waals surface area contributed by atoms with E-state index < -0.39 is 0 Å². The van der Waals surface area contributed by atoms with Crippen LogP contribution in [0, 0.1) is 13.8 Å². The van der Waals surface area contributed by atoms with Crippen molar-refractivity contribution in [3.63, 3.8) is 0 Å². The van der Waals surface area contributed by atoms with Crippen molar-refractivity contribution >= 4 is 11.9 Å². The average Bonchev–Trinajstić information content (AvgIpc) is 2.91. The van der Waals surface area contributed by atoms with Crippen LogP contribution in [0.5, 0.6) is 0 Å². The maximum atomic E-state index is 11.6.